The first kappa shape index (κ1) is 18.3. The highest BCUT2D eigenvalue weighted by Crippen LogP contribution is 2.35. The number of nitrogens with zero attached hydrogens (tertiary/aromatic N) is 1. The number of benzene rings is 2. The van der Waals surface area contributed by atoms with E-state index in [1.807, 2.05) is 12.1 Å². The number of fused-ring (bicyclic) bond motifs is 2. The number of Topliss-reactive ketones (excluding diaryl/α,β-unsaturated/α-hetero) is 1. The highest BCUT2D eigenvalue weighted by molar-refractivity contribution is 9.10. The predicted molar refractivity (Wildman–Crippen MR) is 112 cm³/mol. The molecule has 3 heterocycles. The summed E-state index contributed by atoms with van der Waals surface area (Å²) in [5, 5.41) is 0.782. The van der Waals surface area contributed by atoms with Gasteiger partial charge in [0.05, 0.1) is 5.56 Å². The quantitative estimate of drug-likeness (QED) is 0.230. The Labute approximate surface area is 178 Å². The number of furan rings is 1. The van der Waals surface area contributed by atoms with Crippen molar-refractivity contribution in [2.75, 3.05) is 0 Å². The summed E-state index contributed by atoms with van der Waals surface area (Å²) < 4.78 is 17.5. The van der Waals surface area contributed by atoms with E-state index in [9.17, 15) is 9.59 Å². The van der Waals surface area contributed by atoms with Gasteiger partial charge in [0.1, 0.15) is 17.1 Å². The summed E-state index contributed by atoms with van der Waals surface area (Å²) in [4.78, 5) is 29.0. The first-order valence-electron chi connectivity index (χ1n) is 8.96. The summed E-state index contributed by atoms with van der Waals surface area (Å²) in [5.41, 5.74) is 1.78. The summed E-state index contributed by atoms with van der Waals surface area (Å²) >= 11 is 3.38. The van der Waals surface area contributed by atoms with Crippen LogP contribution in [0.1, 0.15) is 26.5 Å². The fraction of sp³-hybridized carbons (Fsp3) is 0. The minimum absolute atomic E-state index is 0.0823. The summed E-state index contributed by atoms with van der Waals surface area (Å²) in [5.74, 6) is -0.0133. The normalized spacial score (nSPS) is 14.0. The smallest absolute Gasteiger partial charge is 0.379 e. The number of aromatic nitrogens is 1. The van der Waals surface area contributed by atoms with Gasteiger partial charge in [-0.2, -0.15) is 0 Å². The van der Waals surface area contributed by atoms with E-state index in [0.717, 1.165) is 15.4 Å². The SMILES string of the molecule is O=C(Oc1ccc2c(c1)O/C(=C\c1ccncc1)C2=O)c1cc2cc(Br)ccc2o1. The third kappa shape index (κ3) is 3.40. The van der Waals surface area contributed by atoms with Crippen molar-refractivity contribution in [3.05, 3.63) is 94.1 Å². The van der Waals surface area contributed by atoms with Crippen LogP contribution >= 0.6 is 15.9 Å². The molecule has 0 spiro atoms. The molecule has 7 heteroatoms. The zero-order chi connectivity index (χ0) is 20.7. The molecular weight excluding hydrogens is 450 g/mol. The molecule has 0 bridgehead atoms. The molecule has 1 aliphatic heterocycles. The molecule has 1 aliphatic rings. The number of halogens is 1. The van der Waals surface area contributed by atoms with Gasteiger partial charge in [0.15, 0.2) is 5.76 Å². The molecule has 2 aromatic carbocycles. The van der Waals surface area contributed by atoms with Crippen LogP contribution in [0.5, 0.6) is 11.5 Å². The first-order chi connectivity index (χ1) is 14.6. The van der Waals surface area contributed by atoms with Crippen LogP contribution in [-0.2, 0) is 0 Å². The maximum absolute atomic E-state index is 12.5. The molecule has 5 rings (SSSR count). The first-order valence-corrected chi connectivity index (χ1v) is 9.76. The number of ether oxygens (including phenoxy) is 2. The number of carbonyl (C=O) groups is 2. The number of pyridine rings is 1. The molecule has 0 amide bonds. The Morgan fingerprint density at radius 3 is 2.70 bits per heavy atom. The van der Waals surface area contributed by atoms with Gasteiger partial charge in [-0.1, -0.05) is 15.9 Å². The van der Waals surface area contributed by atoms with Gasteiger partial charge in [-0.25, -0.2) is 4.79 Å². The number of hydrogen-bond donors (Lipinski definition) is 0. The van der Waals surface area contributed by atoms with Crippen molar-refractivity contribution in [2.45, 2.75) is 0 Å². The molecule has 6 nitrogen and oxygen atoms in total. The van der Waals surface area contributed by atoms with Crippen LogP contribution in [0.3, 0.4) is 0 Å². The van der Waals surface area contributed by atoms with E-state index in [0.29, 0.717) is 16.9 Å². The van der Waals surface area contributed by atoms with Gasteiger partial charge >= 0.3 is 5.97 Å². The van der Waals surface area contributed by atoms with Gasteiger partial charge in [-0.15, -0.1) is 0 Å². The zero-order valence-corrected chi connectivity index (χ0v) is 16.9. The number of hydrogen-bond acceptors (Lipinski definition) is 6. The maximum atomic E-state index is 12.5. The Hall–Kier alpha value is -3.71. The van der Waals surface area contributed by atoms with Crippen LogP contribution in [0.15, 0.2) is 81.6 Å². The fourth-order valence-electron chi connectivity index (χ4n) is 3.11. The molecule has 2 aromatic heterocycles. The van der Waals surface area contributed by atoms with Crippen LogP contribution < -0.4 is 9.47 Å². The van der Waals surface area contributed by atoms with Crippen LogP contribution in [0, 0.1) is 0 Å². The fourth-order valence-corrected chi connectivity index (χ4v) is 3.49. The second-order valence-electron chi connectivity index (χ2n) is 6.56. The van der Waals surface area contributed by atoms with Crippen molar-refractivity contribution in [3.63, 3.8) is 0 Å². The molecule has 146 valence electrons. The van der Waals surface area contributed by atoms with Crippen LogP contribution in [0.4, 0.5) is 0 Å². The van der Waals surface area contributed by atoms with E-state index < -0.39 is 5.97 Å². The monoisotopic (exact) mass is 461 g/mol. The lowest BCUT2D eigenvalue weighted by Crippen LogP contribution is -2.07. The molecule has 0 N–H and O–H groups in total. The lowest BCUT2D eigenvalue weighted by atomic mass is 10.1. The largest absolute Gasteiger partial charge is 0.452 e. The van der Waals surface area contributed by atoms with Crippen LogP contribution in [0.25, 0.3) is 17.0 Å². The highest BCUT2D eigenvalue weighted by atomic mass is 79.9. The summed E-state index contributed by atoms with van der Waals surface area (Å²) in [6.45, 7) is 0. The lowest BCUT2D eigenvalue weighted by molar-refractivity contribution is 0.0703. The van der Waals surface area contributed by atoms with Gasteiger partial charge in [0, 0.05) is 28.3 Å². The second kappa shape index (κ2) is 7.27. The third-order valence-electron chi connectivity index (χ3n) is 4.54. The van der Waals surface area contributed by atoms with Gasteiger partial charge in [0.2, 0.25) is 11.5 Å². The lowest BCUT2D eigenvalue weighted by Gasteiger charge is -2.04. The topological polar surface area (TPSA) is 78.6 Å². The van der Waals surface area contributed by atoms with Crippen molar-refractivity contribution in [1.82, 2.24) is 4.98 Å². The van der Waals surface area contributed by atoms with E-state index in [-0.39, 0.29) is 23.1 Å². The van der Waals surface area contributed by atoms with E-state index >= 15 is 0 Å². The van der Waals surface area contributed by atoms with E-state index in [4.69, 9.17) is 13.9 Å². The Morgan fingerprint density at radius 1 is 1.03 bits per heavy atom. The molecule has 0 atom stereocenters. The Morgan fingerprint density at radius 2 is 1.87 bits per heavy atom. The van der Waals surface area contributed by atoms with E-state index in [2.05, 4.69) is 20.9 Å². The number of ketones is 1. The molecule has 0 fully saturated rings. The average Bonchev–Trinajstić information content (AvgIpc) is 3.29. The molecule has 0 saturated carbocycles. The molecular formula is C23H12BrNO5. The van der Waals surface area contributed by atoms with Crippen molar-refractivity contribution in [3.8, 4) is 11.5 Å². The zero-order valence-electron chi connectivity index (χ0n) is 15.3. The number of esters is 1. The van der Waals surface area contributed by atoms with Gasteiger partial charge in [-0.05, 0) is 60.2 Å². The van der Waals surface area contributed by atoms with Gasteiger partial charge in [-0.3, -0.25) is 9.78 Å². The van der Waals surface area contributed by atoms with Crippen molar-refractivity contribution >= 4 is 44.7 Å². The standard InChI is InChI=1S/C23H12BrNO5/c24-15-1-4-18-14(10-15)11-21(29-18)23(27)28-16-2-3-17-19(12-16)30-20(22(17)26)9-13-5-7-25-8-6-13/h1-12H/b20-9-. The van der Waals surface area contributed by atoms with Crippen molar-refractivity contribution in [2.24, 2.45) is 0 Å². The molecule has 0 saturated heterocycles. The van der Waals surface area contributed by atoms with Crippen LogP contribution in [-0.4, -0.2) is 16.7 Å². The second-order valence-corrected chi connectivity index (χ2v) is 7.48. The minimum Gasteiger partial charge on any atom is -0.452 e. The predicted octanol–water partition coefficient (Wildman–Crippen LogP) is 5.43. The Kier molecular flexibility index (Phi) is 4.44. The van der Waals surface area contributed by atoms with Crippen molar-refractivity contribution in [1.29, 1.82) is 0 Å². The minimum atomic E-state index is -0.640. The summed E-state index contributed by atoms with van der Waals surface area (Å²) in [7, 11) is 0. The van der Waals surface area contributed by atoms with Gasteiger partial charge < -0.3 is 13.9 Å². The maximum Gasteiger partial charge on any atom is 0.379 e. The van der Waals surface area contributed by atoms with E-state index in [1.54, 1.807) is 54.9 Å². The van der Waals surface area contributed by atoms with E-state index in [1.165, 1.54) is 6.07 Å². The summed E-state index contributed by atoms with van der Waals surface area (Å²) in [6.07, 6.45) is 4.91. The Bertz CT molecular complexity index is 1340. The third-order valence-corrected chi connectivity index (χ3v) is 5.03. The molecule has 0 unspecified atom stereocenters. The van der Waals surface area contributed by atoms with Gasteiger partial charge in [0.25, 0.3) is 0 Å². The number of allylic oxidation sites excluding steroid dienone is 1. The number of rotatable bonds is 3. The summed E-state index contributed by atoms with van der Waals surface area (Å²) in [6, 6.07) is 15.2. The number of carbonyl (C=O) groups excluding carboxylic acids is 2. The Balaban J connectivity index is 1.38. The molecule has 0 radical (unpaired) electrons. The molecule has 0 aliphatic carbocycles. The van der Waals surface area contributed by atoms with Crippen LogP contribution in [0.2, 0.25) is 0 Å². The average molecular weight is 462 g/mol. The molecule has 30 heavy (non-hydrogen) atoms. The van der Waals surface area contributed by atoms with Crippen molar-refractivity contribution < 1.29 is 23.5 Å². The highest BCUT2D eigenvalue weighted by Gasteiger charge is 2.28. The molecule has 4 aromatic rings.